The summed E-state index contributed by atoms with van der Waals surface area (Å²) in [5.74, 6) is 1.51. The van der Waals surface area contributed by atoms with Gasteiger partial charge in [-0.2, -0.15) is 0 Å². The summed E-state index contributed by atoms with van der Waals surface area (Å²) in [6, 6.07) is 17.6. The summed E-state index contributed by atoms with van der Waals surface area (Å²) in [4.78, 5) is 7.80. The number of para-hydroxylation sites is 1. The molecular formula is C18H12N6OS. The van der Waals surface area contributed by atoms with Gasteiger partial charge in [-0.15, -0.1) is 20.4 Å². The van der Waals surface area contributed by atoms with E-state index < -0.39 is 0 Å². The van der Waals surface area contributed by atoms with Crippen molar-refractivity contribution in [3.63, 3.8) is 0 Å². The molecule has 3 aromatic heterocycles. The molecular weight excluding hydrogens is 348 g/mol. The molecule has 0 fully saturated rings. The van der Waals surface area contributed by atoms with Crippen molar-refractivity contribution in [1.82, 2.24) is 30.4 Å². The molecule has 1 N–H and O–H groups in total. The third-order valence-corrected chi connectivity index (χ3v) is 4.74. The molecule has 0 bridgehead atoms. The molecule has 7 nitrogen and oxygen atoms in total. The minimum Gasteiger partial charge on any atom is -0.420 e. The van der Waals surface area contributed by atoms with Crippen molar-refractivity contribution in [3.05, 3.63) is 60.5 Å². The lowest BCUT2D eigenvalue weighted by molar-refractivity contribution is 0.528. The van der Waals surface area contributed by atoms with Gasteiger partial charge in [0, 0.05) is 16.5 Å². The Morgan fingerprint density at radius 2 is 1.73 bits per heavy atom. The van der Waals surface area contributed by atoms with Crippen LogP contribution >= 0.6 is 11.8 Å². The van der Waals surface area contributed by atoms with Crippen molar-refractivity contribution in [2.45, 2.75) is 10.9 Å². The van der Waals surface area contributed by atoms with Crippen LogP contribution in [0.3, 0.4) is 0 Å². The van der Waals surface area contributed by atoms with Gasteiger partial charge in [-0.05, 0) is 18.2 Å². The molecule has 0 atom stereocenters. The van der Waals surface area contributed by atoms with E-state index >= 15 is 0 Å². The number of thioether (sulfide) groups is 1. The summed E-state index contributed by atoms with van der Waals surface area (Å²) < 4.78 is 5.70. The first-order valence-electron chi connectivity index (χ1n) is 7.98. The van der Waals surface area contributed by atoms with Gasteiger partial charge in [-0.1, -0.05) is 48.2 Å². The van der Waals surface area contributed by atoms with Crippen LogP contribution in [0.25, 0.3) is 33.5 Å². The summed E-state index contributed by atoms with van der Waals surface area (Å²) >= 11 is 1.41. The lowest BCUT2D eigenvalue weighted by Crippen LogP contribution is -1.92. The number of nitrogens with zero attached hydrogens (tertiary/aromatic N) is 5. The zero-order valence-electron chi connectivity index (χ0n) is 13.5. The number of rotatable bonds is 4. The van der Waals surface area contributed by atoms with Gasteiger partial charge in [-0.3, -0.25) is 0 Å². The average molecular weight is 360 g/mol. The Bertz CT molecular complexity index is 1200. The van der Waals surface area contributed by atoms with Crippen LogP contribution in [0.4, 0.5) is 0 Å². The number of aromatic amines is 1. The maximum absolute atomic E-state index is 5.70. The maximum atomic E-state index is 5.70. The van der Waals surface area contributed by atoms with Crippen LogP contribution in [0.2, 0.25) is 0 Å². The Kier molecular flexibility index (Phi) is 3.60. The van der Waals surface area contributed by atoms with Crippen molar-refractivity contribution in [2.75, 3.05) is 0 Å². The van der Waals surface area contributed by atoms with Gasteiger partial charge in [-0.25, -0.2) is 4.98 Å². The zero-order valence-corrected chi connectivity index (χ0v) is 14.3. The molecule has 0 saturated heterocycles. The van der Waals surface area contributed by atoms with Gasteiger partial charge >= 0.3 is 0 Å². The van der Waals surface area contributed by atoms with Gasteiger partial charge in [0.25, 0.3) is 0 Å². The SMILES string of the molecule is c1ccc(-c2nnc(CSc3nnc4c(n3)[nH]c3ccccc34)o2)cc1. The van der Waals surface area contributed by atoms with E-state index in [1.54, 1.807) is 0 Å². The first-order valence-corrected chi connectivity index (χ1v) is 8.97. The molecule has 8 heteroatoms. The number of hydrogen-bond donors (Lipinski definition) is 1. The van der Waals surface area contributed by atoms with Gasteiger partial charge < -0.3 is 9.40 Å². The first kappa shape index (κ1) is 15.0. The number of benzene rings is 2. The third kappa shape index (κ3) is 2.70. The number of H-pyrrole nitrogens is 1. The van der Waals surface area contributed by atoms with Crippen LogP contribution in [-0.2, 0) is 5.75 Å². The fourth-order valence-electron chi connectivity index (χ4n) is 2.70. The molecule has 2 aromatic carbocycles. The van der Waals surface area contributed by atoms with E-state index in [0.717, 1.165) is 27.6 Å². The van der Waals surface area contributed by atoms with E-state index in [9.17, 15) is 0 Å². The minimum atomic E-state index is 0.479. The van der Waals surface area contributed by atoms with Gasteiger partial charge in [0.1, 0.15) is 5.52 Å². The number of fused-ring (bicyclic) bond motifs is 3. The van der Waals surface area contributed by atoms with Crippen LogP contribution in [0.15, 0.2) is 64.2 Å². The first-order chi connectivity index (χ1) is 12.9. The highest BCUT2D eigenvalue weighted by molar-refractivity contribution is 7.98. The molecule has 0 unspecified atom stereocenters. The smallest absolute Gasteiger partial charge is 0.247 e. The van der Waals surface area contributed by atoms with Crippen molar-refractivity contribution in [1.29, 1.82) is 0 Å². The van der Waals surface area contributed by atoms with Crippen molar-refractivity contribution in [3.8, 4) is 11.5 Å². The molecule has 3 heterocycles. The molecule has 0 saturated carbocycles. The van der Waals surface area contributed by atoms with Crippen LogP contribution < -0.4 is 0 Å². The molecule has 5 rings (SSSR count). The lowest BCUT2D eigenvalue weighted by atomic mass is 10.2. The maximum Gasteiger partial charge on any atom is 0.247 e. The molecule has 0 aliphatic heterocycles. The Balaban J connectivity index is 1.37. The standard InChI is InChI=1S/C18H12N6OS/c1-2-6-11(7-3-1)17-23-21-14(25-17)10-26-18-20-16-15(22-24-18)12-8-4-5-9-13(12)19-16/h1-9H,10H2,(H,19,20,24). The highest BCUT2D eigenvalue weighted by Gasteiger charge is 2.12. The Morgan fingerprint density at radius 1 is 0.885 bits per heavy atom. The number of hydrogen-bond acceptors (Lipinski definition) is 7. The second-order valence-corrected chi connectivity index (χ2v) is 6.56. The molecule has 0 aliphatic rings. The largest absolute Gasteiger partial charge is 0.420 e. The summed E-state index contributed by atoms with van der Waals surface area (Å²) in [7, 11) is 0. The van der Waals surface area contributed by atoms with E-state index in [1.807, 2.05) is 54.6 Å². The molecule has 0 radical (unpaired) electrons. The van der Waals surface area contributed by atoms with Crippen LogP contribution in [0.1, 0.15) is 5.89 Å². The second kappa shape index (κ2) is 6.23. The fourth-order valence-corrected chi connectivity index (χ4v) is 3.33. The van der Waals surface area contributed by atoms with Crippen LogP contribution in [-0.4, -0.2) is 30.4 Å². The third-order valence-electron chi connectivity index (χ3n) is 3.91. The van der Waals surface area contributed by atoms with Gasteiger partial charge in [0.15, 0.2) is 5.65 Å². The summed E-state index contributed by atoms with van der Waals surface area (Å²) in [6.45, 7) is 0. The highest BCUT2D eigenvalue weighted by atomic mass is 32.2. The predicted molar refractivity (Wildman–Crippen MR) is 98.5 cm³/mol. The predicted octanol–water partition coefficient (Wildman–Crippen LogP) is 3.85. The molecule has 0 amide bonds. The van der Waals surface area contributed by atoms with Gasteiger partial charge in [0.05, 0.1) is 5.75 Å². The quantitative estimate of drug-likeness (QED) is 0.487. The van der Waals surface area contributed by atoms with Crippen molar-refractivity contribution < 1.29 is 4.42 Å². The minimum absolute atomic E-state index is 0.479. The normalized spacial score (nSPS) is 11.4. The van der Waals surface area contributed by atoms with E-state index in [1.165, 1.54) is 11.8 Å². The second-order valence-electron chi connectivity index (χ2n) is 5.62. The van der Waals surface area contributed by atoms with Crippen molar-refractivity contribution in [2.24, 2.45) is 0 Å². The number of nitrogens with one attached hydrogen (secondary N) is 1. The summed E-state index contributed by atoms with van der Waals surface area (Å²) in [5, 5.41) is 18.2. The summed E-state index contributed by atoms with van der Waals surface area (Å²) in [5.41, 5.74) is 3.39. The molecule has 26 heavy (non-hydrogen) atoms. The van der Waals surface area contributed by atoms with E-state index in [2.05, 4.69) is 30.4 Å². The van der Waals surface area contributed by atoms with Crippen LogP contribution in [0, 0.1) is 0 Å². The molecule has 126 valence electrons. The fraction of sp³-hybridized carbons (Fsp3) is 0.0556. The topological polar surface area (TPSA) is 93.4 Å². The van der Waals surface area contributed by atoms with Crippen molar-refractivity contribution >= 4 is 33.8 Å². The summed E-state index contributed by atoms with van der Waals surface area (Å²) in [6.07, 6.45) is 0. The van der Waals surface area contributed by atoms with E-state index in [0.29, 0.717) is 22.7 Å². The highest BCUT2D eigenvalue weighted by Crippen LogP contribution is 2.25. The Hall–Kier alpha value is -3.26. The zero-order chi connectivity index (χ0) is 17.3. The lowest BCUT2D eigenvalue weighted by Gasteiger charge is -1.96. The Morgan fingerprint density at radius 3 is 2.65 bits per heavy atom. The van der Waals surface area contributed by atoms with Crippen LogP contribution in [0.5, 0.6) is 0 Å². The molecule has 0 aliphatic carbocycles. The van der Waals surface area contributed by atoms with Gasteiger partial charge in [0.2, 0.25) is 16.9 Å². The molecule has 0 spiro atoms. The molecule has 5 aromatic rings. The van der Waals surface area contributed by atoms with E-state index in [4.69, 9.17) is 4.42 Å². The number of aromatic nitrogens is 6. The average Bonchev–Trinajstić information content (AvgIpc) is 3.31. The monoisotopic (exact) mass is 360 g/mol. The Labute approximate surface area is 151 Å². The van der Waals surface area contributed by atoms with E-state index in [-0.39, 0.29) is 0 Å².